The van der Waals surface area contributed by atoms with Crippen molar-refractivity contribution < 1.29 is 9.53 Å². The maximum absolute atomic E-state index is 11.7. The maximum atomic E-state index is 11.7. The Balaban J connectivity index is 1.69. The average molecular weight is 294 g/mol. The van der Waals surface area contributed by atoms with Gasteiger partial charge in [0.05, 0.1) is 17.3 Å². The number of esters is 1. The molecule has 0 aliphatic carbocycles. The van der Waals surface area contributed by atoms with E-state index in [0.29, 0.717) is 18.4 Å². The molecule has 20 heavy (non-hydrogen) atoms. The molecule has 0 radical (unpaired) electrons. The summed E-state index contributed by atoms with van der Waals surface area (Å²) in [5.41, 5.74) is 1.20. The summed E-state index contributed by atoms with van der Waals surface area (Å²) >= 11 is 1.78. The molecule has 0 bridgehead atoms. The van der Waals surface area contributed by atoms with Crippen LogP contribution in [0.5, 0.6) is 0 Å². The first-order chi connectivity index (χ1) is 9.65. The maximum Gasteiger partial charge on any atom is 0.323 e. The monoisotopic (exact) mass is 294 g/mol. The van der Waals surface area contributed by atoms with Gasteiger partial charge in [0.15, 0.2) is 0 Å². The van der Waals surface area contributed by atoms with E-state index in [1.54, 1.807) is 11.3 Å². The van der Waals surface area contributed by atoms with E-state index >= 15 is 0 Å². The molecule has 1 aromatic rings. The van der Waals surface area contributed by atoms with Crippen LogP contribution in [0, 0.1) is 0 Å². The lowest BCUT2D eigenvalue weighted by molar-refractivity contribution is -0.142. The Morgan fingerprint density at radius 1 is 1.45 bits per heavy atom. The number of piperidine rings is 1. The Morgan fingerprint density at radius 2 is 2.30 bits per heavy atom. The standard InChI is InChI=1S/C15H22N2O2S/c1-10(2)12-9-20-14(16-12)11-4-3-6-17(8-11)13-5-7-19-15(13)18/h9-11,13H,3-8H2,1-2H3/t11-,13+/m0/s1. The van der Waals surface area contributed by atoms with Gasteiger partial charge in [-0.25, -0.2) is 4.98 Å². The fraction of sp³-hybridized carbons (Fsp3) is 0.733. The van der Waals surface area contributed by atoms with E-state index in [9.17, 15) is 4.79 Å². The number of cyclic esters (lactones) is 1. The van der Waals surface area contributed by atoms with E-state index in [-0.39, 0.29) is 12.0 Å². The highest BCUT2D eigenvalue weighted by molar-refractivity contribution is 7.09. The van der Waals surface area contributed by atoms with Crippen LogP contribution < -0.4 is 0 Å². The first-order valence-electron chi connectivity index (χ1n) is 7.51. The van der Waals surface area contributed by atoms with Gasteiger partial charge in [-0.05, 0) is 25.3 Å². The fourth-order valence-electron chi connectivity index (χ4n) is 3.06. The summed E-state index contributed by atoms with van der Waals surface area (Å²) in [4.78, 5) is 18.8. The fourth-order valence-corrected chi connectivity index (χ4v) is 4.17. The minimum Gasteiger partial charge on any atom is -0.464 e. The number of carbonyl (C=O) groups excluding carboxylic acids is 1. The molecule has 2 fully saturated rings. The van der Waals surface area contributed by atoms with Crippen LogP contribution in [0.15, 0.2) is 5.38 Å². The second-order valence-electron chi connectivity index (χ2n) is 6.07. The molecule has 2 saturated heterocycles. The third-order valence-electron chi connectivity index (χ3n) is 4.28. The van der Waals surface area contributed by atoms with Crippen LogP contribution in [-0.4, -0.2) is 41.6 Å². The summed E-state index contributed by atoms with van der Waals surface area (Å²) in [5.74, 6) is 0.937. The number of ether oxygens (including phenoxy) is 1. The topological polar surface area (TPSA) is 42.4 Å². The van der Waals surface area contributed by atoms with Crippen LogP contribution in [0.1, 0.15) is 55.6 Å². The van der Waals surface area contributed by atoms with Crippen LogP contribution in [0.3, 0.4) is 0 Å². The lowest BCUT2D eigenvalue weighted by atomic mass is 9.97. The molecule has 2 atom stereocenters. The zero-order valence-electron chi connectivity index (χ0n) is 12.2. The Hall–Kier alpha value is -0.940. The van der Waals surface area contributed by atoms with E-state index in [0.717, 1.165) is 25.9 Å². The molecule has 1 aromatic heterocycles. The van der Waals surface area contributed by atoms with Gasteiger partial charge in [-0.15, -0.1) is 11.3 Å². The van der Waals surface area contributed by atoms with Gasteiger partial charge in [-0.2, -0.15) is 0 Å². The number of hydrogen-bond donors (Lipinski definition) is 0. The summed E-state index contributed by atoms with van der Waals surface area (Å²) in [6.45, 7) is 6.91. The van der Waals surface area contributed by atoms with Crippen LogP contribution >= 0.6 is 11.3 Å². The van der Waals surface area contributed by atoms with Crippen molar-refractivity contribution in [3.8, 4) is 0 Å². The number of thiazole rings is 1. The number of aromatic nitrogens is 1. The van der Waals surface area contributed by atoms with Gasteiger partial charge in [0.25, 0.3) is 0 Å². The second kappa shape index (κ2) is 5.82. The molecule has 110 valence electrons. The molecule has 0 saturated carbocycles. The predicted molar refractivity (Wildman–Crippen MR) is 79.1 cm³/mol. The molecular weight excluding hydrogens is 272 g/mol. The summed E-state index contributed by atoms with van der Waals surface area (Å²) in [6, 6.07) is -0.0117. The largest absolute Gasteiger partial charge is 0.464 e. The quantitative estimate of drug-likeness (QED) is 0.804. The molecular formula is C15H22N2O2S. The Morgan fingerprint density at radius 3 is 2.95 bits per heavy atom. The SMILES string of the molecule is CC(C)c1csc([C@H]2CCCN([C@@H]3CCOC3=O)C2)n1. The van der Waals surface area contributed by atoms with Gasteiger partial charge in [0.2, 0.25) is 0 Å². The zero-order chi connectivity index (χ0) is 14.1. The van der Waals surface area contributed by atoms with Crippen LogP contribution in [-0.2, 0) is 9.53 Å². The molecule has 3 rings (SSSR count). The van der Waals surface area contributed by atoms with Gasteiger partial charge in [-0.3, -0.25) is 9.69 Å². The Kier molecular flexibility index (Phi) is 4.08. The van der Waals surface area contributed by atoms with E-state index in [1.165, 1.54) is 17.1 Å². The molecule has 2 aliphatic rings. The number of nitrogens with zero attached hydrogens (tertiary/aromatic N) is 2. The Bertz CT molecular complexity index is 486. The third kappa shape index (κ3) is 2.74. The van der Waals surface area contributed by atoms with Crippen LogP contribution in [0.2, 0.25) is 0 Å². The van der Waals surface area contributed by atoms with Crippen molar-refractivity contribution in [2.45, 2.75) is 51.0 Å². The summed E-state index contributed by atoms with van der Waals surface area (Å²) in [5, 5.41) is 3.42. The van der Waals surface area contributed by atoms with Gasteiger partial charge in [0.1, 0.15) is 6.04 Å². The molecule has 0 amide bonds. The first kappa shape index (κ1) is 14.0. The normalized spacial score (nSPS) is 28.1. The minimum absolute atomic E-state index is 0.0117. The lowest BCUT2D eigenvalue weighted by Crippen LogP contribution is -2.44. The number of hydrogen-bond acceptors (Lipinski definition) is 5. The lowest BCUT2D eigenvalue weighted by Gasteiger charge is -2.34. The van der Waals surface area contributed by atoms with Gasteiger partial charge < -0.3 is 4.74 Å². The van der Waals surface area contributed by atoms with Gasteiger partial charge in [0, 0.05) is 24.3 Å². The highest BCUT2D eigenvalue weighted by Crippen LogP contribution is 2.32. The van der Waals surface area contributed by atoms with Crippen LogP contribution in [0.25, 0.3) is 0 Å². The van der Waals surface area contributed by atoms with E-state index < -0.39 is 0 Å². The number of carbonyl (C=O) groups is 1. The van der Waals surface area contributed by atoms with Crippen molar-refractivity contribution in [2.24, 2.45) is 0 Å². The van der Waals surface area contributed by atoms with Crippen molar-refractivity contribution >= 4 is 17.3 Å². The van der Waals surface area contributed by atoms with Crippen molar-refractivity contribution in [1.29, 1.82) is 0 Å². The van der Waals surface area contributed by atoms with Crippen molar-refractivity contribution in [1.82, 2.24) is 9.88 Å². The molecule has 4 nitrogen and oxygen atoms in total. The number of rotatable bonds is 3. The van der Waals surface area contributed by atoms with Gasteiger partial charge >= 0.3 is 5.97 Å². The van der Waals surface area contributed by atoms with Crippen molar-refractivity contribution in [3.63, 3.8) is 0 Å². The van der Waals surface area contributed by atoms with E-state index in [4.69, 9.17) is 9.72 Å². The Labute approximate surface area is 124 Å². The highest BCUT2D eigenvalue weighted by Gasteiger charge is 2.35. The predicted octanol–water partition coefficient (Wildman–Crippen LogP) is 2.76. The first-order valence-corrected chi connectivity index (χ1v) is 8.39. The average Bonchev–Trinajstić information content (AvgIpc) is 3.07. The van der Waals surface area contributed by atoms with Crippen molar-refractivity contribution in [3.05, 3.63) is 16.1 Å². The highest BCUT2D eigenvalue weighted by atomic mass is 32.1. The molecule has 3 heterocycles. The summed E-state index contributed by atoms with van der Waals surface area (Å²) < 4.78 is 5.10. The van der Waals surface area contributed by atoms with Crippen molar-refractivity contribution in [2.75, 3.05) is 19.7 Å². The summed E-state index contributed by atoms with van der Waals surface area (Å²) in [7, 11) is 0. The van der Waals surface area contributed by atoms with E-state index in [1.807, 2.05) is 0 Å². The summed E-state index contributed by atoms with van der Waals surface area (Å²) in [6.07, 6.45) is 3.18. The third-order valence-corrected chi connectivity index (χ3v) is 5.31. The smallest absolute Gasteiger partial charge is 0.323 e. The van der Waals surface area contributed by atoms with Gasteiger partial charge in [-0.1, -0.05) is 13.8 Å². The molecule has 0 unspecified atom stereocenters. The molecule has 0 N–H and O–H groups in total. The minimum atomic E-state index is -0.0346. The second-order valence-corrected chi connectivity index (χ2v) is 6.96. The molecule has 2 aliphatic heterocycles. The van der Waals surface area contributed by atoms with Crippen LogP contribution in [0.4, 0.5) is 0 Å². The molecule has 0 spiro atoms. The van der Waals surface area contributed by atoms with E-state index in [2.05, 4.69) is 24.1 Å². The molecule has 0 aromatic carbocycles. The zero-order valence-corrected chi connectivity index (χ0v) is 13.0. The number of likely N-dealkylation sites (tertiary alicyclic amines) is 1. The molecule has 5 heteroatoms.